The summed E-state index contributed by atoms with van der Waals surface area (Å²) in [4.78, 5) is 6.18. The van der Waals surface area contributed by atoms with E-state index < -0.39 is 5.60 Å². The minimum atomic E-state index is -1.02. The fraction of sp³-hybridized carbons (Fsp3) is 0.250. The average Bonchev–Trinajstić information content (AvgIpc) is 2.92. The van der Waals surface area contributed by atoms with Crippen LogP contribution in [0, 0.1) is 17.1 Å². The highest BCUT2D eigenvalue weighted by Gasteiger charge is 2.38. The number of benzene rings is 1. The lowest BCUT2D eigenvalue weighted by molar-refractivity contribution is 0.0605. The highest BCUT2D eigenvalue weighted by atomic mass is 19.1. The number of hydrogen-bond acceptors (Lipinski definition) is 4. The number of anilines is 1. The van der Waals surface area contributed by atoms with Crippen molar-refractivity contribution in [3.63, 3.8) is 0 Å². The van der Waals surface area contributed by atoms with E-state index >= 15 is 0 Å². The standard InChI is InChI=1S/C16H14FN3O/c17-13-6-4-12(5-7-13)16(21)8-9-20(11-16)15-3-1-2-14(10-18)19-15/h1-7,21H,8-9,11H2. The second kappa shape index (κ2) is 5.15. The number of aromatic nitrogens is 1. The monoisotopic (exact) mass is 283 g/mol. The van der Waals surface area contributed by atoms with Crippen LogP contribution < -0.4 is 4.90 Å². The molecule has 2 heterocycles. The summed E-state index contributed by atoms with van der Waals surface area (Å²) in [7, 11) is 0. The number of nitriles is 1. The van der Waals surface area contributed by atoms with Gasteiger partial charge in [0.2, 0.25) is 0 Å². The van der Waals surface area contributed by atoms with Crippen molar-refractivity contribution >= 4 is 5.82 Å². The summed E-state index contributed by atoms with van der Waals surface area (Å²) in [5.74, 6) is 0.354. The van der Waals surface area contributed by atoms with Crippen LogP contribution in [0.1, 0.15) is 17.7 Å². The second-order valence-electron chi connectivity index (χ2n) is 5.20. The number of β-amino-alcohol motifs (C(OH)–C–C–N with tert-alkyl or cyclic N) is 1. The normalized spacial score (nSPS) is 21.3. The zero-order valence-electron chi connectivity index (χ0n) is 11.3. The van der Waals surface area contributed by atoms with E-state index in [9.17, 15) is 9.50 Å². The Morgan fingerprint density at radius 2 is 2.00 bits per heavy atom. The van der Waals surface area contributed by atoms with Gasteiger partial charge in [0, 0.05) is 6.54 Å². The molecule has 3 rings (SSSR count). The quantitative estimate of drug-likeness (QED) is 0.917. The Labute approximate surface area is 122 Å². The summed E-state index contributed by atoms with van der Waals surface area (Å²) in [5, 5.41) is 19.7. The van der Waals surface area contributed by atoms with Gasteiger partial charge in [-0.3, -0.25) is 0 Å². The van der Waals surface area contributed by atoms with Crippen LogP contribution in [0.3, 0.4) is 0 Å². The fourth-order valence-electron chi connectivity index (χ4n) is 2.65. The van der Waals surface area contributed by atoms with E-state index in [0.29, 0.717) is 36.6 Å². The van der Waals surface area contributed by atoms with Crippen LogP contribution in [0.15, 0.2) is 42.5 Å². The first-order valence-corrected chi connectivity index (χ1v) is 6.71. The van der Waals surface area contributed by atoms with Crippen molar-refractivity contribution in [2.24, 2.45) is 0 Å². The first-order valence-electron chi connectivity index (χ1n) is 6.71. The summed E-state index contributed by atoms with van der Waals surface area (Å²) < 4.78 is 13.0. The van der Waals surface area contributed by atoms with Gasteiger partial charge in [0.15, 0.2) is 0 Å². The first-order chi connectivity index (χ1) is 10.1. The molecule has 1 fully saturated rings. The number of aliphatic hydroxyl groups is 1. The van der Waals surface area contributed by atoms with Gasteiger partial charge in [-0.25, -0.2) is 9.37 Å². The molecule has 1 aromatic heterocycles. The lowest BCUT2D eigenvalue weighted by atomic mass is 9.93. The molecule has 1 atom stereocenters. The second-order valence-corrected chi connectivity index (χ2v) is 5.20. The van der Waals surface area contributed by atoms with Gasteiger partial charge in [0.05, 0.1) is 6.54 Å². The van der Waals surface area contributed by atoms with E-state index in [-0.39, 0.29) is 5.82 Å². The molecule has 1 unspecified atom stereocenters. The Bertz CT molecular complexity index is 695. The zero-order chi connectivity index (χ0) is 14.9. The van der Waals surface area contributed by atoms with Crippen molar-refractivity contribution in [2.75, 3.05) is 18.0 Å². The van der Waals surface area contributed by atoms with Crippen LogP contribution in [0.25, 0.3) is 0 Å². The number of rotatable bonds is 2. The van der Waals surface area contributed by atoms with E-state index in [1.807, 2.05) is 17.0 Å². The third-order valence-electron chi connectivity index (χ3n) is 3.80. The van der Waals surface area contributed by atoms with E-state index in [0.717, 1.165) is 0 Å². The maximum Gasteiger partial charge on any atom is 0.142 e. The van der Waals surface area contributed by atoms with Gasteiger partial charge < -0.3 is 10.0 Å². The summed E-state index contributed by atoms with van der Waals surface area (Å²) in [5.41, 5.74) is 0.0328. The third-order valence-corrected chi connectivity index (χ3v) is 3.80. The van der Waals surface area contributed by atoms with Crippen molar-refractivity contribution in [1.29, 1.82) is 5.26 Å². The SMILES string of the molecule is N#Cc1cccc(N2CCC(O)(c3ccc(F)cc3)C2)n1. The van der Waals surface area contributed by atoms with Crippen LogP contribution in [-0.4, -0.2) is 23.2 Å². The Hall–Kier alpha value is -2.45. The maximum absolute atomic E-state index is 13.0. The summed E-state index contributed by atoms with van der Waals surface area (Å²) >= 11 is 0. The lowest BCUT2D eigenvalue weighted by Crippen LogP contribution is -2.31. The van der Waals surface area contributed by atoms with Gasteiger partial charge in [-0.2, -0.15) is 5.26 Å². The van der Waals surface area contributed by atoms with E-state index in [2.05, 4.69) is 4.98 Å². The highest BCUT2D eigenvalue weighted by Crippen LogP contribution is 2.34. The highest BCUT2D eigenvalue weighted by molar-refractivity contribution is 5.44. The van der Waals surface area contributed by atoms with Crippen molar-refractivity contribution in [2.45, 2.75) is 12.0 Å². The minimum Gasteiger partial charge on any atom is -0.383 e. The molecule has 106 valence electrons. The molecular formula is C16H14FN3O. The number of hydrogen-bond donors (Lipinski definition) is 1. The topological polar surface area (TPSA) is 60.2 Å². The molecule has 1 aliphatic rings. The van der Waals surface area contributed by atoms with Gasteiger partial charge in [0.25, 0.3) is 0 Å². The number of pyridine rings is 1. The Morgan fingerprint density at radius 1 is 1.24 bits per heavy atom. The zero-order valence-corrected chi connectivity index (χ0v) is 11.3. The predicted molar refractivity (Wildman–Crippen MR) is 76.1 cm³/mol. The van der Waals surface area contributed by atoms with Crippen molar-refractivity contribution in [3.8, 4) is 6.07 Å². The fourth-order valence-corrected chi connectivity index (χ4v) is 2.65. The third kappa shape index (κ3) is 2.58. The van der Waals surface area contributed by atoms with Crippen LogP contribution in [0.5, 0.6) is 0 Å². The molecule has 21 heavy (non-hydrogen) atoms. The molecule has 1 N–H and O–H groups in total. The molecule has 1 aliphatic heterocycles. The largest absolute Gasteiger partial charge is 0.383 e. The minimum absolute atomic E-state index is 0.319. The Balaban J connectivity index is 1.84. The Kier molecular flexibility index (Phi) is 3.32. The number of halogens is 1. The molecule has 0 aliphatic carbocycles. The molecule has 1 saturated heterocycles. The van der Waals surface area contributed by atoms with Gasteiger partial charge in [-0.1, -0.05) is 18.2 Å². The summed E-state index contributed by atoms with van der Waals surface area (Å²) in [6, 6.07) is 13.2. The van der Waals surface area contributed by atoms with Crippen LogP contribution in [0.2, 0.25) is 0 Å². The molecule has 4 nitrogen and oxygen atoms in total. The first kappa shape index (κ1) is 13.5. The van der Waals surface area contributed by atoms with Gasteiger partial charge in [-0.15, -0.1) is 0 Å². The molecule has 0 radical (unpaired) electrons. The molecule has 5 heteroatoms. The molecule has 1 aromatic carbocycles. The van der Waals surface area contributed by atoms with Crippen molar-refractivity contribution in [3.05, 3.63) is 59.5 Å². The molecule has 2 aromatic rings. The average molecular weight is 283 g/mol. The summed E-state index contributed by atoms with van der Waals surface area (Å²) in [6.45, 7) is 1.01. The molecular weight excluding hydrogens is 269 g/mol. The lowest BCUT2D eigenvalue weighted by Gasteiger charge is -2.24. The van der Waals surface area contributed by atoms with Crippen molar-refractivity contribution in [1.82, 2.24) is 4.98 Å². The molecule has 0 amide bonds. The van der Waals surface area contributed by atoms with Gasteiger partial charge >= 0.3 is 0 Å². The maximum atomic E-state index is 13.0. The smallest absolute Gasteiger partial charge is 0.142 e. The van der Waals surface area contributed by atoms with Crippen LogP contribution >= 0.6 is 0 Å². The van der Waals surface area contributed by atoms with E-state index in [4.69, 9.17) is 5.26 Å². The van der Waals surface area contributed by atoms with Gasteiger partial charge in [-0.05, 0) is 36.2 Å². The van der Waals surface area contributed by atoms with Gasteiger partial charge in [0.1, 0.15) is 29.0 Å². The molecule has 0 saturated carbocycles. The van der Waals surface area contributed by atoms with E-state index in [1.54, 1.807) is 24.3 Å². The molecule has 0 bridgehead atoms. The Morgan fingerprint density at radius 3 is 2.71 bits per heavy atom. The van der Waals surface area contributed by atoms with Crippen LogP contribution in [0.4, 0.5) is 10.2 Å². The summed E-state index contributed by atoms with van der Waals surface area (Å²) in [6.07, 6.45) is 0.539. The number of nitrogens with zero attached hydrogens (tertiary/aromatic N) is 3. The van der Waals surface area contributed by atoms with Crippen LogP contribution in [-0.2, 0) is 5.60 Å². The predicted octanol–water partition coefficient (Wildman–Crippen LogP) is 2.19. The van der Waals surface area contributed by atoms with Crippen molar-refractivity contribution < 1.29 is 9.50 Å². The molecule has 0 spiro atoms. The van der Waals surface area contributed by atoms with E-state index in [1.165, 1.54) is 12.1 Å².